The molecule has 3 rings (SSSR count). The highest BCUT2D eigenvalue weighted by Crippen LogP contribution is 2.24. The van der Waals surface area contributed by atoms with Crippen LogP contribution in [0.1, 0.15) is 10.6 Å². The smallest absolute Gasteiger partial charge is 0.240 e. The molecule has 3 aromatic rings. The van der Waals surface area contributed by atoms with Crippen molar-refractivity contribution >= 4 is 21.4 Å². The molecule has 130 valence electrons. The highest BCUT2D eigenvalue weighted by Gasteiger charge is 2.16. The van der Waals surface area contributed by atoms with E-state index in [2.05, 4.69) is 9.71 Å². The number of benzene rings is 2. The fraction of sp³-hybridized carbons (Fsp3) is 0.118. The van der Waals surface area contributed by atoms with Crippen LogP contribution in [0.4, 0.5) is 4.39 Å². The molecule has 25 heavy (non-hydrogen) atoms. The predicted molar refractivity (Wildman–Crippen MR) is 94.4 cm³/mol. The zero-order valence-electron chi connectivity index (χ0n) is 13.2. The minimum atomic E-state index is -3.74. The summed E-state index contributed by atoms with van der Waals surface area (Å²) in [5, 5.41) is 11.7. The van der Waals surface area contributed by atoms with Gasteiger partial charge >= 0.3 is 0 Å². The molecule has 0 saturated carbocycles. The number of nitrogens with one attached hydrogen (secondary N) is 1. The summed E-state index contributed by atoms with van der Waals surface area (Å²) in [6, 6.07) is 10.3. The maximum Gasteiger partial charge on any atom is 0.240 e. The Morgan fingerprint density at radius 1 is 1.20 bits per heavy atom. The molecule has 0 spiro atoms. The van der Waals surface area contributed by atoms with Crippen LogP contribution in [-0.2, 0) is 16.6 Å². The second-order valence-electron chi connectivity index (χ2n) is 5.41. The van der Waals surface area contributed by atoms with Crippen LogP contribution in [-0.4, -0.2) is 18.5 Å². The Morgan fingerprint density at radius 2 is 1.92 bits per heavy atom. The lowest BCUT2D eigenvalue weighted by atomic mass is 10.2. The first-order valence-electron chi connectivity index (χ1n) is 7.35. The fourth-order valence-corrected chi connectivity index (χ4v) is 4.09. The van der Waals surface area contributed by atoms with Crippen molar-refractivity contribution in [2.45, 2.75) is 18.4 Å². The molecule has 0 radical (unpaired) electrons. The number of halogens is 1. The molecule has 0 unspecified atom stereocenters. The maximum atomic E-state index is 13.3. The van der Waals surface area contributed by atoms with Gasteiger partial charge in [0, 0.05) is 10.9 Å². The molecule has 0 aliphatic carbocycles. The van der Waals surface area contributed by atoms with Crippen molar-refractivity contribution in [2.24, 2.45) is 0 Å². The third-order valence-corrected chi connectivity index (χ3v) is 5.82. The molecule has 1 aromatic heterocycles. The van der Waals surface area contributed by atoms with Crippen molar-refractivity contribution in [3.63, 3.8) is 0 Å². The lowest BCUT2D eigenvalue weighted by Gasteiger charge is -2.06. The van der Waals surface area contributed by atoms with E-state index in [1.54, 1.807) is 24.3 Å². The lowest BCUT2D eigenvalue weighted by molar-refractivity contribution is 0.475. The number of sulfonamides is 1. The number of phenolic OH excluding ortho intramolecular Hbond substituents is 1. The highest BCUT2D eigenvalue weighted by atomic mass is 32.2. The molecule has 0 amide bonds. The van der Waals surface area contributed by atoms with Gasteiger partial charge in [0.25, 0.3) is 0 Å². The molecule has 8 heteroatoms. The second kappa shape index (κ2) is 6.91. The summed E-state index contributed by atoms with van der Waals surface area (Å²) in [6.45, 7) is 1.56. The minimum absolute atomic E-state index is 0.0155. The third-order valence-electron chi connectivity index (χ3n) is 3.57. The van der Waals surface area contributed by atoms with Gasteiger partial charge in [0.1, 0.15) is 16.6 Å². The van der Waals surface area contributed by atoms with Gasteiger partial charge in [-0.15, -0.1) is 11.3 Å². The Kier molecular flexibility index (Phi) is 4.85. The summed E-state index contributed by atoms with van der Waals surface area (Å²) in [4.78, 5) is 4.40. The van der Waals surface area contributed by atoms with E-state index in [0.717, 1.165) is 11.6 Å². The molecule has 0 aliphatic rings. The molecule has 0 aliphatic heterocycles. The number of aryl methyl sites for hydroxylation is 1. The van der Waals surface area contributed by atoms with Crippen molar-refractivity contribution in [3.05, 3.63) is 64.2 Å². The number of rotatable bonds is 5. The average molecular weight is 378 g/mol. The molecule has 0 atom stereocenters. The minimum Gasteiger partial charge on any atom is -0.508 e. The molecular weight excluding hydrogens is 363 g/mol. The number of hydrogen-bond acceptors (Lipinski definition) is 5. The Balaban J connectivity index is 1.73. The first kappa shape index (κ1) is 17.5. The van der Waals surface area contributed by atoms with Gasteiger partial charge in [-0.3, -0.25) is 0 Å². The summed E-state index contributed by atoms with van der Waals surface area (Å²) in [7, 11) is -3.74. The topological polar surface area (TPSA) is 79.3 Å². The second-order valence-corrected chi connectivity index (χ2v) is 8.12. The van der Waals surface area contributed by atoms with Gasteiger partial charge < -0.3 is 5.11 Å². The van der Waals surface area contributed by atoms with Crippen LogP contribution in [0, 0.1) is 12.7 Å². The molecule has 0 fully saturated rings. The van der Waals surface area contributed by atoms with Crippen LogP contribution in [0.5, 0.6) is 5.75 Å². The van der Waals surface area contributed by atoms with Gasteiger partial charge in [-0.1, -0.05) is 0 Å². The van der Waals surface area contributed by atoms with Crippen molar-refractivity contribution < 1.29 is 17.9 Å². The number of aromatic hydroxyl groups is 1. The van der Waals surface area contributed by atoms with E-state index < -0.39 is 15.8 Å². The van der Waals surface area contributed by atoms with Crippen molar-refractivity contribution in [3.8, 4) is 17.0 Å². The van der Waals surface area contributed by atoms with Crippen LogP contribution >= 0.6 is 11.3 Å². The van der Waals surface area contributed by atoms with E-state index in [1.165, 1.54) is 30.4 Å². The first-order valence-corrected chi connectivity index (χ1v) is 9.71. The predicted octanol–water partition coefficient (Wildman–Crippen LogP) is 3.44. The SMILES string of the molecule is Cc1cc(S(=O)(=O)NCc2nc(-c3ccc(O)cc3)cs2)ccc1F. The normalized spacial score (nSPS) is 11.6. The zero-order valence-corrected chi connectivity index (χ0v) is 14.9. The number of phenols is 1. The number of nitrogens with zero attached hydrogens (tertiary/aromatic N) is 1. The van der Waals surface area contributed by atoms with Crippen molar-refractivity contribution in [1.29, 1.82) is 0 Å². The maximum absolute atomic E-state index is 13.3. The standard InChI is InChI=1S/C17H15FN2O3S2/c1-11-8-14(6-7-15(11)18)25(22,23)19-9-17-20-16(10-24-17)12-2-4-13(21)5-3-12/h2-8,10,19,21H,9H2,1H3. The Bertz CT molecular complexity index is 999. The molecule has 2 N–H and O–H groups in total. The van der Waals surface area contributed by atoms with E-state index in [0.29, 0.717) is 10.7 Å². The van der Waals surface area contributed by atoms with Gasteiger partial charge in [-0.2, -0.15) is 0 Å². The molecule has 2 aromatic carbocycles. The quantitative estimate of drug-likeness (QED) is 0.713. The van der Waals surface area contributed by atoms with Crippen LogP contribution in [0.2, 0.25) is 0 Å². The number of aromatic nitrogens is 1. The fourth-order valence-electron chi connectivity index (χ4n) is 2.18. The van der Waals surface area contributed by atoms with Crippen LogP contribution in [0.25, 0.3) is 11.3 Å². The number of hydrogen-bond donors (Lipinski definition) is 2. The van der Waals surface area contributed by atoms with E-state index in [9.17, 15) is 17.9 Å². The van der Waals surface area contributed by atoms with E-state index in [1.807, 2.05) is 5.38 Å². The number of thiazole rings is 1. The van der Waals surface area contributed by atoms with Crippen LogP contribution < -0.4 is 4.72 Å². The molecule has 0 saturated heterocycles. The van der Waals surface area contributed by atoms with Gasteiger partial charge in [0.2, 0.25) is 10.0 Å². The van der Waals surface area contributed by atoms with Gasteiger partial charge in [-0.05, 0) is 55.0 Å². The van der Waals surface area contributed by atoms with Gasteiger partial charge in [0.15, 0.2) is 0 Å². The molecule has 5 nitrogen and oxygen atoms in total. The van der Waals surface area contributed by atoms with Gasteiger partial charge in [-0.25, -0.2) is 22.5 Å². The average Bonchev–Trinajstić information content (AvgIpc) is 3.05. The first-order chi connectivity index (χ1) is 11.8. The van der Waals surface area contributed by atoms with Crippen molar-refractivity contribution in [2.75, 3.05) is 0 Å². The zero-order chi connectivity index (χ0) is 18.0. The molecular formula is C17H15FN2O3S2. The molecule has 0 bridgehead atoms. The Labute approximate surface area is 148 Å². The summed E-state index contributed by atoms with van der Waals surface area (Å²) in [5.41, 5.74) is 1.81. The van der Waals surface area contributed by atoms with E-state index in [-0.39, 0.29) is 22.8 Å². The monoisotopic (exact) mass is 378 g/mol. The van der Waals surface area contributed by atoms with Crippen molar-refractivity contribution in [1.82, 2.24) is 9.71 Å². The highest BCUT2D eigenvalue weighted by molar-refractivity contribution is 7.89. The largest absolute Gasteiger partial charge is 0.508 e. The third kappa shape index (κ3) is 4.04. The Morgan fingerprint density at radius 3 is 2.60 bits per heavy atom. The van der Waals surface area contributed by atoms with E-state index in [4.69, 9.17) is 0 Å². The van der Waals surface area contributed by atoms with Crippen LogP contribution in [0.15, 0.2) is 52.7 Å². The summed E-state index contributed by atoms with van der Waals surface area (Å²) < 4.78 is 40.4. The summed E-state index contributed by atoms with van der Waals surface area (Å²) in [6.07, 6.45) is 0. The summed E-state index contributed by atoms with van der Waals surface area (Å²) >= 11 is 1.33. The Hall–Kier alpha value is -2.29. The van der Waals surface area contributed by atoms with Gasteiger partial charge in [0.05, 0.1) is 17.1 Å². The van der Waals surface area contributed by atoms with E-state index >= 15 is 0 Å². The van der Waals surface area contributed by atoms with Crippen LogP contribution in [0.3, 0.4) is 0 Å². The molecule has 1 heterocycles. The lowest BCUT2D eigenvalue weighted by Crippen LogP contribution is -2.23. The summed E-state index contributed by atoms with van der Waals surface area (Å²) in [5.74, 6) is -0.279.